The zero-order valence-electron chi connectivity index (χ0n) is 16.1. The second-order valence-electron chi connectivity index (χ2n) is 7.74. The van der Waals surface area contributed by atoms with E-state index in [-0.39, 0.29) is 29.3 Å². The maximum Gasteiger partial charge on any atom is 0.286 e. The molecule has 1 heterocycles. The van der Waals surface area contributed by atoms with Gasteiger partial charge in [-0.2, -0.15) is 13.8 Å². The van der Waals surface area contributed by atoms with Crippen LogP contribution in [0.4, 0.5) is 8.78 Å². The summed E-state index contributed by atoms with van der Waals surface area (Å²) >= 11 is 0. The van der Waals surface area contributed by atoms with Gasteiger partial charge in [0.05, 0.1) is 5.69 Å². The van der Waals surface area contributed by atoms with Crippen molar-refractivity contribution in [1.29, 1.82) is 0 Å². The lowest BCUT2D eigenvalue weighted by Gasteiger charge is -2.16. The first-order chi connectivity index (χ1) is 12.1. The Morgan fingerprint density at radius 2 is 2.04 bits per heavy atom. The molecule has 1 fully saturated rings. The number of alkyl halides is 2. The minimum absolute atomic E-state index is 0.0835. The lowest BCUT2D eigenvalue weighted by Crippen LogP contribution is -2.23. The fourth-order valence-corrected chi connectivity index (χ4v) is 3.13. The lowest BCUT2D eigenvalue weighted by atomic mass is 9.92. The molecule has 2 rings (SSSR count). The highest BCUT2D eigenvalue weighted by molar-refractivity contribution is 6.05. The van der Waals surface area contributed by atoms with E-state index in [1.54, 1.807) is 0 Å². The summed E-state index contributed by atoms with van der Waals surface area (Å²) in [6, 6.07) is 2.79. The number of amidine groups is 1. The first-order valence-electron chi connectivity index (χ1n) is 9.41. The molecule has 0 radical (unpaired) electrons. The predicted octanol–water partition coefficient (Wildman–Crippen LogP) is 4.77. The number of pyridine rings is 1. The zero-order valence-corrected chi connectivity index (χ0v) is 16.1. The first kappa shape index (κ1) is 20.5. The van der Waals surface area contributed by atoms with Crippen molar-refractivity contribution in [1.82, 2.24) is 4.98 Å². The van der Waals surface area contributed by atoms with Crippen LogP contribution in [0, 0.1) is 11.8 Å². The monoisotopic (exact) mass is 365 g/mol. The minimum atomic E-state index is -3.01. The van der Waals surface area contributed by atoms with Gasteiger partial charge in [-0.05, 0) is 43.7 Å². The van der Waals surface area contributed by atoms with Crippen LogP contribution >= 0.6 is 0 Å². The maximum atomic E-state index is 13.6. The predicted molar refractivity (Wildman–Crippen MR) is 99.4 cm³/mol. The van der Waals surface area contributed by atoms with E-state index < -0.39 is 5.92 Å². The van der Waals surface area contributed by atoms with Gasteiger partial charge in [0, 0.05) is 24.3 Å². The van der Waals surface area contributed by atoms with Crippen molar-refractivity contribution in [2.45, 2.75) is 71.6 Å². The van der Waals surface area contributed by atoms with E-state index in [1.165, 1.54) is 12.1 Å². The topological polar surface area (TPSA) is 68.3 Å². The Balaban J connectivity index is 2.31. The molecule has 4 nitrogen and oxygen atoms in total. The third-order valence-corrected chi connectivity index (χ3v) is 4.59. The van der Waals surface area contributed by atoms with Gasteiger partial charge in [0.1, 0.15) is 11.5 Å². The second kappa shape index (κ2) is 8.23. The molecule has 144 valence electrons. The highest BCUT2D eigenvalue weighted by Crippen LogP contribution is 2.41. The second-order valence-corrected chi connectivity index (χ2v) is 7.74. The minimum Gasteiger partial charge on any atom is -0.383 e. The molecule has 1 atom stereocenters. The van der Waals surface area contributed by atoms with Crippen LogP contribution in [0.5, 0.6) is 0 Å². The average molecular weight is 365 g/mol. The molecule has 1 aliphatic carbocycles. The standard InChI is InChI=1S/C20H29F2N3O/c1-5-6-14(11-12(2)3)19(26)25-18(23)15-9-10-16(20(4,21)22)24-17(15)13-7-8-13/h9-10,12-14H,5-8,11H2,1-4H3,(H2,23,25,26). The van der Waals surface area contributed by atoms with Crippen molar-refractivity contribution in [3.8, 4) is 0 Å². The molecule has 2 N–H and O–H groups in total. The lowest BCUT2D eigenvalue weighted by molar-refractivity contribution is -0.122. The molecule has 1 unspecified atom stereocenters. The van der Waals surface area contributed by atoms with E-state index in [4.69, 9.17) is 5.73 Å². The molecular formula is C20H29F2N3O. The van der Waals surface area contributed by atoms with Gasteiger partial charge in [-0.25, -0.2) is 0 Å². The third-order valence-electron chi connectivity index (χ3n) is 4.59. The summed E-state index contributed by atoms with van der Waals surface area (Å²) in [6.45, 7) is 7.00. The molecule has 0 spiro atoms. The molecule has 26 heavy (non-hydrogen) atoms. The number of aromatic nitrogens is 1. The van der Waals surface area contributed by atoms with E-state index in [0.29, 0.717) is 17.2 Å². The Kier molecular flexibility index (Phi) is 6.48. The maximum absolute atomic E-state index is 13.6. The van der Waals surface area contributed by atoms with Crippen molar-refractivity contribution >= 4 is 11.7 Å². The van der Waals surface area contributed by atoms with E-state index in [9.17, 15) is 13.6 Å². The van der Waals surface area contributed by atoms with Crippen LogP contribution in [-0.4, -0.2) is 16.7 Å². The molecular weight excluding hydrogens is 336 g/mol. The van der Waals surface area contributed by atoms with Crippen molar-refractivity contribution in [3.05, 3.63) is 29.1 Å². The summed E-state index contributed by atoms with van der Waals surface area (Å²) in [5.41, 5.74) is 6.86. The van der Waals surface area contributed by atoms with E-state index in [0.717, 1.165) is 39.0 Å². The van der Waals surface area contributed by atoms with Gasteiger partial charge in [-0.1, -0.05) is 27.2 Å². The van der Waals surface area contributed by atoms with E-state index >= 15 is 0 Å². The molecule has 1 saturated carbocycles. The Bertz CT molecular complexity index is 676. The molecule has 1 aromatic heterocycles. The third kappa shape index (κ3) is 5.32. The number of halogens is 2. The summed E-state index contributed by atoms with van der Waals surface area (Å²) in [4.78, 5) is 20.8. The van der Waals surface area contributed by atoms with Gasteiger partial charge in [0.2, 0.25) is 0 Å². The Labute approximate surface area is 154 Å². The molecule has 1 aromatic rings. The molecule has 0 aromatic carbocycles. The summed E-state index contributed by atoms with van der Waals surface area (Å²) in [5, 5.41) is 0. The highest BCUT2D eigenvalue weighted by atomic mass is 19.3. The number of carbonyl (C=O) groups excluding carboxylic acids is 1. The molecule has 1 aliphatic rings. The van der Waals surface area contributed by atoms with Crippen LogP contribution in [-0.2, 0) is 10.7 Å². The largest absolute Gasteiger partial charge is 0.383 e. The SMILES string of the molecule is CCCC(CC(C)C)C(=O)N=C(N)c1ccc(C(C)(F)F)nc1C1CC1. The summed E-state index contributed by atoms with van der Waals surface area (Å²) < 4.78 is 27.2. The van der Waals surface area contributed by atoms with Gasteiger partial charge in [-0.3, -0.25) is 9.78 Å². The van der Waals surface area contributed by atoms with Crippen LogP contribution in [0.15, 0.2) is 17.1 Å². The normalized spacial score (nSPS) is 16.8. The fraction of sp³-hybridized carbons (Fsp3) is 0.650. The van der Waals surface area contributed by atoms with Gasteiger partial charge >= 0.3 is 0 Å². The Hall–Kier alpha value is -1.85. The van der Waals surface area contributed by atoms with Crippen molar-refractivity contribution < 1.29 is 13.6 Å². The highest BCUT2D eigenvalue weighted by Gasteiger charge is 2.33. The van der Waals surface area contributed by atoms with Crippen LogP contribution < -0.4 is 5.73 Å². The number of rotatable bonds is 8. The zero-order chi connectivity index (χ0) is 19.5. The Morgan fingerprint density at radius 3 is 2.54 bits per heavy atom. The number of nitrogens with two attached hydrogens (primary N) is 1. The van der Waals surface area contributed by atoms with Crippen LogP contribution in [0.1, 0.15) is 82.7 Å². The van der Waals surface area contributed by atoms with E-state index in [2.05, 4.69) is 23.8 Å². The number of aliphatic imine (C=N–C) groups is 1. The summed E-state index contributed by atoms with van der Waals surface area (Å²) in [6.07, 6.45) is 4.21. The van der Waals surface area contributed by atoms with Gasteiger partial charge in [0.15, 0.2) is 0 Å². The van der Waals surface area contributed by atoms with Crippen LogP contribution in [0.3, 0.4) is 0 Å². The average Bonchev–Trinajstić information content (AvgIpc) is 3.37. The number of nitrogens with zero attached hydrogens (tertiary/aromatic N) is 2. The van der Waals surface area contributed by atoms with Gasteiger partial charge in [-0.15, -0.1) is 0 Å². The van der Waals surface area contributed by atoms with Crippen LogP contribution in [0.25, 0.3) is 0 Å². The molecule has 6 heteroatoms. The van der Waals surface area contributed by atoms with E-state index in [1.807, 2.05) is 6.92 Å². The quantitative estimate of drug-likeness (QED) is 0.533. The van der Waals surface area contributed by atoms with Crippen molar-refractivity contribution in [3.63, 3.8) is 0 Å². The van der Waals surface area contributed by atoms with Crippen molar-refractivity contribution in [2.75, 3.05) is 0 Å². The molecule has 1 amide bonds. The molecule has 0 saturated heterocycles. The number of hydrogen-bond donors (Lipinski definition) is 1. The summed E-state index contributed by atoms with van der Waals surface area (Å²) in [5.74, 6) is -2.80. The number of hydrogen-bond acceptors (Lipinski definition) is 2. The molecule has 0 aliphatic heterocycles. The summed E-state index contributed by atoms with van der Waals surface area (Å²) in [7, 11) is 0. The van der Waals surface area contributed by atoms with Gasteiger partial charge in [0.25, 0.3) is 11.8 Å². The smallest absolute Gasteiger partial charge is 0.286 e. The first-order valence-corrected chi connectivity index (χ1v) is 9.41. The number of amides is 1. The van der Waals surface area contributed by atoms with Gasteiger partial charge < -0.3 is 5.73 Å². The van der Waals surface area contributed by atoms with Crippen LogP contribution in [0.2, 0.25) is 0 Å². The fourth-order valence-electron chi connectivity index (χ4n) is 3.13. The Morgan fingerprint density at radius 1 is 1.38 bits per heavy atom. The number of carbonyl (C=O) groups is 1. The molecule has 0 bridgehead atoms. The van der Waals surface area contributed by atoms with Crippen molar-refractivity contribution in [2.24, 2.45) is 22.6 Å².